The molecule has 6 heteroatoms. The highest BCUT2D eigenvalue weighted by molar-refractivity contribution is 7.41. The third kappa shape index (κ3) is 4.27. The predicted octanol–water partition coefficient (Wildman–Crippen LogP) is 0.428. The summed E-state index contributed by atoms with van der Waals surface area (Å²) in [6, 6.07) is 0. The molecule has 6 heavy (non-hydrogen) atoms. The van der Waals surface area contributed by atoms with E-state index in [-0.39, 0.29) is 0 Å². The lowest BCUT2D eigenvalue weighted by Gasteiger charge is -1.87. The van der Waals surface area contributed by atoms with Crippen molar-refractivity contribution in [3.63, 3.8) is 0 Å². The highest BCUT2D eigenvalue weighted by Crippen LogP contribution is 2.38. The normalized spacial score (nSPS) is 9.33. The van der Waals surface area contributed by atoms with Crippen LogP contribution in [0.15, 0.2) is 0 Å². The van der Waals surface area contributed by atoms with E-state index in [0.717, 1.165) is 0 Å². The number of rotatable bonds is 2. The molecule has 0 aliphatic carbocycles. The summed E-state index contributed by atoms with van der Waals surface area (Å²) in [5, 5.41) is 7.55. The first-order valence-corrected chi connectivity index (χ1v) is 2.17. The van der Waals surface area contributed by atoms with Crippen molar-refractivity contribution < 1.29 is 17.9 Å². The van der Waals surface area contributed by atoms with E-state index in [0.29, 0.717) is 0 Å². The van der Waals surface area contributed by atoms with Crippen LogP contribution < -0.4 is 0 Å². The summed E-state index contributed by atoms with van der Waals surface area (Å²) in [7, 11) is -4.24. The Kier molecular flexibility index (Phi) is 3.62. The molecule has 1 N–H and O–H groups in total. The van der Waals surface area contributed by atoms with Crippen LogP contribution in [0.1, 0.15) is 0 Å². The van der Waals surface area contributed by atoms with Gasteiger partial charge in [0.15, 0.2) is 0 Å². The van der Waals surface area contributed by atoms with E-state index in [2.05, 4.69) is 4.44 Å². The number of hydrogen-bond acceptors (Lipinski definition) is 2. The lowest BCUT2D eigenvalue weighted by Crippen LogP contribution is -1.84. The molecule has 2 nitrogen and oxygen atoms in total. The van der Waals surface area contributed by atoms with E-state index in [1.807, 2.05) is 0 Å². The van der Waals surface area contributed by atoms with E-state index < -0.39 is 16.5 Å². The lowest BCUT2D eigenvalue weighted by molar-refractivity contribution is 0.437. The Morgan fingerprint density at radius 1 is 1.67 bits per heavy atom. The van der Waals surface area contributed by atoms with Gasteiger partial charge in [0.1, 0.15) is 0 Å². The van der Waals surface area contributed by atoms with Gasteiger partial charge in [0.05, 0.1) is 0 Å². The summed E-state index contributed by atoms with van der Waals surface area (Å²) in [6.07, 6.45) is 0. The quantitative estimate of drug-likeness (QED) is 0.416. The van der Waals surface area contributed by atoms with Crippen LogP contribution in [0.3, 0.4) is 0 Å². The Morgan fingerprint density at radius 3 is 2.17 bits per heavy atom. The molecule has 0 aromatic carbocycles. The van der Waals surface area contributed by atoms with Gasteiger partial charge in [0.2, 0.25) is 0 Å². The van der Waals surface area contributed by atoms with E-state index in [1.165, 1.54) is 0 Å². The second-order valence-corrected chi connectivity index (χ2v) is 1.12. The van der Waals surface area contributed by atoms with Gasteiger partial charge in [0.25, 0.3) is 0 Å². The molecule has 0 saturated heterocycles. The minimum atomic E-state index is -3.35. The Hall–Kier alpha value is 0.275. The first-order chi connectivity index (χ1) is 2.77. The summed E-state index contributed by atoms with van der Waals surface area (Å²) in [4.78, 5) is 0. The van der Waals surface area contributed by atoms with Gasteiger partial charge in [-0.15, -0.1) is 0 Å². The van der Waals surface area contributed by atoms with Crippen molar-refractivity contribution >= 4 is 16.5 Å². The molecular weight excluding hydrogens is 112 g/mol. The van der Waals surface area contributed by atoms with Gasteiger partial charge in [0, 0.05) is 0 Å². The highest BCUT2D eigenvalue weighted by Gasteiger charge is 2.01. The first kappa shape index (κ1) is 6.27. The Bertz CT molecular complexity index is 32.7. The fourth-order valence-electron chi connectivity index (χ4n) is 0.0436. The SMILES string of the molecule is OBOP(F)F. The van der Waals surface area contributed by atoms with E-state index >= 15 is 0 Å². The smallest absolute Gasteiger partial charge is 0.430 e. The molecule has 0 fully saturated rings. The van der Waals surface area contributed by atoms with Crippen molar-refractivity contribution in [1.82, 2.24) is 0 Å². The standard InChI is InChI=1S/BF2H2O2P/c2-6(3)5-1-4/h1,4H. The minimum Gasteiger partial charge on any atom is -0.430 e. The maximum atomic E-state index is 10.7. The van der Waals surface area contributed by atoms with Crippen molar-refractivity contribution in [3.05, 3.63) is 0 Å². The molecule has 0 radical (unpaired) electrons. The molecule has 0 unspecified atom stereocenters. The molecule has 0 spiro atoms. The van der Waals surface area contributed by atoms with Crippen LogP contribution in [-0.2, 0) is 4.44 Å². The minimum absolute atomic E-state index is 0.890. The summed E-state index contributed by atoms with van der Waals surface area (Å²) in [5.74, 6) is 0. The van der Waals surface area contributed by atoms with Crippen LogP contribution in [-0.4, -0.2) is 12.7 Å². The largest absolute Gasteiger partial charge is 0.442 e. The fourth-order valence-corrected chi connectivity index (χ4v) is 0.131. The van der Waals surface area contributed by atoms with Crippen molar-refractivity contribution in [2.45, 2.75) is 0 Å². The highest BCUT2D eigenvalue weighted by atomic mass is 31.2. The number of halogens is 2. The van der Waals surface area contributed by atoms with Crippen molar-refractivity contribution in [2.24, 2.45) is 0 Å². The van der Waals surface area contributed by atoms with Crippen molar-refractivity contribution in [3.8, 4) is 0 Å². The zero-order valence-electron chi connectivity index (χ0n) is 2.77. The molecule has 0 saturated carbocycles. The Labute approximate surface area is 35.5 Å². The van der Waals surface area contributed by atoms with Crippen LogP contribution >= 0.6 is 8.77 Å². The third-order valence-corrected chi connectivity index (χ3v) is 0.466. The van der Waals surface area contributed by atoms with Crippen LogP contribution in [0.4, 0.5) is 8.39 Å². The van der Waals surface area contributed by atoms with Crippen molar-refractivity contribution in [2.75, 3.05) is 0 Å². The van der Waals surface area contributed by atoms with Gasteiger partial charge in [-0.3, -0.25) is 0 Å². The van der Waals surface area contributed by atoms with E-state index in [9.17, 15) is 8.39 Å². The molecule has 0 amide bonds. The molecule has 0 aromatic rings. The van der Waals surface area contributed by atoms with E-state index in [4.69, 9.17) is 5.02 Å². The summed E-state index contributed by atoms with van der Waals surface area (Å²) >= 11 is 0. The van der Waals surface area contributed by atoms with E-state index in [1.54, 1.807) is 0 Å². The summed E-state index contributed by atoms with van der Waals surface area (Å²) < 4.78 is 24.8. The third-order valence-electron chi connectivity index (χ3n) is 0.155. The molecular formula is H2BF2O2P. The maximum absolute atomic E-state index is 10.7. The van der Waals surface area contributed by atoms with Crippen LogP contribution in [0.2, 0.25) is 0 Å². The first-order valence-electron chi connectivity index (χ1n) is 1.13. The molecule has 0 aliphatic heterocycles. The zero-order chi connectivity index (χ0) is 4.99. The Morgan fingerprint density at radius 2 is 2.17 bits per heavy atom. The van der Waals surface area contributed by atoms with Gasteiger partial charge in [-0.25, -0.2) is 0 Å². The maximum Gasteiger partial charge on any atom is 0.442 e. The molecule has 36 valence electrons. The topological polar surface area (TPSA) is 29.5 Å². The molecule has 0 aliphatic rings. The van der Waals surface area contributed by atoms with Gasteiger partial charge < -0.3 is 9.47 Å². The van der Waals surface area contributed by atoms with Gasteiger partial charge in [-0.1, -0.05) is 0 Å². The molecule has 0 aromatic heterocycles. The summed E-state index contributed by atoms with van der Waals surface area (Å²) in [5.41, 5.74) is 0. The monoisotopic (exact) mass is 114 g/mol. The average molecular weight is 114 g/mol. The second kappa shape index (κ2) is 3.46. The molecule has 0 bridgehead atoms. The van der Waals surface area contributed by atoms with Crippen molar-refractivity contribution in [1.29, 1.82) is 0 Å². The zero-order valence-corrected chi connectivity index (χ0v) is 3.66. The van der Waals surface area contributed by atoms with Crippen LogP contribution in [0, 0.1) is 0 Å². The van der Waals surface area contributed by atoms with Crippen LogP contribution in [0.5, 0.6) is 0 Å². The van der Waals surface area contributed by atoms with Crippen LogP contribution in [0.25, 0.3) is 0 Å². The number of hydrogen-bond donors (Lipinski definition) is 1. The second-order valence-electron chi connectivity index (χ2n) is 0.460. The molecule has 0 heterocycles. The van der Waals surface area contributed by atoms with Gasteiger partial charge in [-0.2, -0.15) is 8.39 Å². The fraction of sp³-hybridized carbons (Fsp3) is 0. The van der Waals surface area contributed by atoms with Gasteiger partial charge >= 0.3 is 16.5 Å². The van der Waals surface area contributed by atoms with Gasteiger partial charge in [-0.05, 0) is 0 Å². The predicted molar refractivity (Wildman–Crippen MR) is 19.6 cm³/mol. The average Bonchev–Trinajstić information content (AvgIpc) is 1.35. The lowest BCUT2D eigenvalue weighted by atomic mass is 10.5. The Balaban J connectivity index is 2.63. The molecule has 0 atom stereocenters. The molecule has 0 rings (SSSR count). The summed E-state index contributed by atoms with van der Waals surface area (Å²) in [6.45, 7) is 0.